The number of halogens is 1. The fraction of sp³-hybridized carbons (Fsp3) is 0.192. The third-order valence-corrected chi connectivity index (χ3v) is 5.25. The second kappa shape index (κ2) is 12.0. The molecule has 0 heterocycles. The van der Waals surface area contributed by atoms with Crippen molar-refractivity contribution in [3.8, 4) is 11.5 Å². The van der Waals surface area contributed by atoms with Gasteiger partial charge in [0.1, 0.15) is 24.7 Å². The van der Waals surface area contributed by atoms with Gasteiger partial charge in [0.05, 0.1) is 23.1 Å². The molecule has 0 amide bonds. The Morgan fingerprint density at radius 1 is 0.788 bits per heavy atom. The van der Waals surface area contributed by atoms with Crippen LogP contribution in [0, 0.1) is 0 Å². The third kappa shape index (κ3) is 7.02. The molecule has 0 spiro atoms. The molecule has 0 aromatic heterocycles. The second-order valence-electron chi connectivity index (χ2n) is 7.07. The number of esters is 1. The van der Waals surface area contributed by atoms with Crippen molar-refractivity contribution in [2.24, 2.45) is 0 Å². The minimum atomic E-state index is -1.03. The zero-order valence-corrected chi connectivity index (χ0v) is 19.7. The van der Waals surface area contributed by atoms with Crippen LogP contribution in [0.1, 0.15) is 34.8 Å². The number of hydrogen-bond donors (Lipinski definition) is 0. The summed E-state index contributed by atoms with van der Waals surface area (Å²) in [4.78, 5) is 36.6. The first-order valence-electron chi connectivity index (χ1n) is 10.4. The highest BCUT2D eigenvalue weighted by Gasteiger charge is 2.24. The number of Topliss-reactive ketones (excluding diaryl/α,β-unsaturated/α-hetero) is 2. The van der Waals surface area contributed by atoms with E-state index in [1.165, 1.54) is 0 Å². The smallest absolute Gasteiger partial charge is 0.375 e. The van der Waals surface area contributed by atoms with Crippen LogP contribution in [0.5, 0.6) is 11.5 Å². The number of benzene rings is 3. The Morgan fingerprint density at radius 3 is 1.88 bits per heavy atom. The first-order chi connectivity index (χ1) is 16.0. The van der Waals surface area contributed by atoms with E-state index in [4.69, 9.17) is 14.2 Å². The summed E-state index contributed by atoms with van der Waals surface area (Å²) in [6.07, 6.45) is -0.614. The van der Waals surface area contributed by atoms with Crippen molar-refractivity contribution in [3.63, 3.8) is 0 Å². The van der Waals surface area contributed by atoms with Gasteiger partial charge in [-0.1, -0.05) is 60.7 Å². The molecule has 0 saturated carbocycles. The molecule has 0 unspecified atom stereocenters. The minimum Gasteiger partial charge on any atom is -0.488 e. The van der Waals surface area contributed by atoms with Crippen LogP contribution in [0.25, 0.3) is 0 Å². The summed E-state index contributed by atoms with van der Waals surface area (Å²) in [5, 5.41) is 0. The summed E-state index contributed by atoms with van der Waals surface area (Å²) in [5.41, 5.74) is 2.06. The Kier molecular flexibility index (Phi) is 8.78. The van der Waals surface area contributed by atoms with Crippen molar-refractivity contribution in [1.29, 1.82) is 0 Å². The van der Waals surface area contributed by atoms with Crippen molar-refractivity contribution in [2.45, 2.75) is 26.6 Å². The summed E-state index contributed by atoms with van der Waals surface area (Å²) >= 11 is 3.43. The van der Waals surface area contributed by atoms with Gasteiger partial charge in [0.25, 0.3) is 0 Å². The van der Waals surface area contributed by atoms with Gasteiger partial charge < -0.3 is 14.2 Å². The monoisotopic (exact) mass is 510 g/mol. The van der Waals surface area contributed by atoms with Crippen LogP contribution in [0.2, 0.25) is 0 Å². The Bertz CT molecular complexity index is 1110. The van der Waals surface area contributed by atoms with E-state index in [1.807, 2.05) is 60.7 Å². The average Bonchev–Trinajstić information content (AvgIpc) is 2.83. The summed E-state index contributed by atoms with van der Waals surface area (Å²) < 4.78 is 17.1. The van der Waals surface area contributed by atoms with Crippen molar-refractivity contribution in [1.82, 2.24) is 0 Å². The summed E-state index contributed by atoms with van der Waals surface area (Å²) in [7, 11) is 0. The molecule has 0 bridgehead atoms. The van der Waals surface area contributed by atoms with Crippen LogP contribution in [0.15, 0.2) is 77.3 Å². The van der Waals surface area contributed by atoms with E-state index in [2.05, 4.69) is 15.9 Å². The number of ether oxygens (including phenoxy) is 3. The maximum atomic E-state index is 12.9. The minimum absolute atomic E-state index is 0.0587. The van der Waals surface area contributed by atoms with Gasteiger partial charge in [-0.3, -0.25) is 9.59 Å². The van der Waals surface area contributed by atoms with Crippen LogP contribution in [0.3, 0.4) is 0 Å². The standard InChI is InChI=1S/C26H23BrO6/c1-2-31-26(30)23(29)14-22(28)20-13-21(27)25(33-17-19-11-7-4-8-12-19)15-24(20)32-16-18-9-5-3-6-10-18/h3-13,15H,2,14,16-17H2,1H3. The van der Waals surface area contributed by atoms with Crippen molar-refractivity contribution in [2.75, 3.05) is 6.61 Å². The van der Waals surface area contributed by atoms with Gasteiger partial charge in [-0.2, -0.15) is 0 Å². The second-order valence-corrected chi connectivity index (χ2v) is 7.93. The highest BCUT2D eigenvalue weighted by Crippen LogP contribution is 2.35. The highest BCUT2D eigenvalue weighted by molar-refractivity contribution is 9.10. The maximum absolute atomic E-state index is 12.9. The zero-order chi connectivity index (χ0) is 23.6. The lowest BCUT2D eigenvalue weighted by atomic mass is 10.0. The molecule has 3 aromatic carbocycles. The van der Waals surface area contributed by atoms with E-state index in [9.17, 15) is 14.4 Å². The molecular weight excluding hydrogens is 488 g/mol. The van der Waals surface area contributed by atoms with Gasteiger partial charge in [0.15, 0.2) is 5.78 Å². The number of carbonyl (C=O) groups excluding carboxylic acids is 3. The lowest BCUT2D eigenvalue weighted by molar-refractivity contribution is -0.153. The number of carbonyl (C=O) groups is 3. The van der Waals surface area contributed by atoms with E-state index in [1.54, 1.807) is 19.1 Å². The molecule has 0 saturated heterocycles. The van der Waals surface area contributed by atoms with Gasteiger partial charge in [-0.25, -0.2) is 4.79 Å². The van der Waals surface area contributed by atoms with Crippen molar-refractivity contribution < 1.29 is 28.6 Å². The van der Waals surface area contributed by atoms with E-state index < -0.39 is 24.0 Å². The first kappa shape index (κ1) is 24.2. The van der Waals surface area contributed by atoms with E-state index in [0.717, 1.165) is 11.1 Å². The van der Waals surface area contributed by atoms with Crippen LogP contribution >= 0.6 is 15.9 Å². The van der Waals surface area contributed by atoms with E-state index in [-0.39, 0.29) is 24.5 Å². The van der Waals surface area contributed by atoms with Crippen molar-refractivity contribution >= 4 is 33.5 Å². The van der Waals surface area contributed by atoms with Gasteiger partial charge >= 0.3 is 5.97 Å². The molecular formula is C26H23BrO6. The lowest BCUT2D eigenvalue weighted by Crippen LogP contribution is -2.21. The topological polar surface area (TPSA) is 78.9 Å². The Hall–Kier alpha value is -3.45. The van der Waals surface area contributed by atoms with Crippen LogP contribution in [0.4, 0.5) is 0 Å². The van der Waals surface area contributed by atoms with Crippen LogP contribution in [-0.2, 0) is 27.5 Å². The average molecular weight is 511 g/mol. The molecule has 7 heteroatoms. The van der Waals surface area contributed by atoms with Crippen LogP contribution in [-0.4, -0.2) is 24.1 Å². The van der Waals surface area contributed by atoms with Gasteiger partial charge in [0.2, 0.25) is 5.78 Å². The predicted octanol–water partition coefficient (Wildman–Crippen LogP) is 5.31. The molecule has 0 fully saturated rings. The molecule has 33 heavy (non-hydrogen) atoms. The number of rotatable bonds is 11. The molecule has 0 aliphatic rings. The van der Waals surface area contributed by atoms with E-state index >= 15 is 0 Å². The van der Waals surface area contributed by atoms with Gasteiger partial charge in [0, 0.05) is 6.07 Å². The normalized spacial score (nSPS) is 10.4. The largest absolute Gasteiger partial charge is 0.488 e. The molecule has 3 aromatic rings. The maximum Gasteiger partial charge on any atom is 0.375 e. The molecule has 3 rings (SSSR count). The fourth-order valence-corrected chi connectivity index (χ4v) is 3.44. The number of ketones is 2. The fourth-order valence-electron chi connectivity index (χ4n) is 2.98. The Balaban J connectivity index is 1.84. The Morgan fingerprint density at radius 2 is 1.33 bits per heavy atom. The third-order valence-electron chi connectivity index (χ3n) is 4.63. The molecule has 0 aliphatic heterocycles. The summed E-state index contributed by atoms with van der Waals surface area (Å²) in [5.74, 6) is -1.75. The van der Waals surface area contributed by atoms with Gasteiger partial charge in [-0.15, -0.1) is 0 Å². The highest BCUT2D eigenvalue weighted by atomic mass is 79.9. The molecule has 0 atom stereocenters. The molecule has 0 N–H and O–H groups in total. The molecule has 170 valence electrons. The first-order valence-corrected chi connectivity index (χ1v) is 11.2. The zero-order valence-electron chi connectivity index (χ0n) is 18.1. The predicted molar refractivity (Wildman–Crippen MR) is 126 cm³/mol. The SMILES string of the molecule is CCOC(=O)C(=O)CC(=O)c1cc(Br)c(OCc2ccccc2)cc1OCc1ccccc1. The number of hydrogen-bond acceptors (Lipinski definition) is 6. The summed E-state index contributed by atoms with van der Waals surface area (Å²) in [6, 6.07) is 22.3. The van der Waals surface area contributed by atoms with Crippen LogP contribution < -0.4 is 9.47 Å². The Labute approximate surface area is 200 Å². The van der Waals surface area contributed by atoms with Crippen molar-refractivity contribution in [3.05, 3.63) is 94.0 Å². The van der Waals surface area contributed by atoms with E-state index in [0.29, 0.717) is 16.8 Å². The quantitative estimate of drug-likeness (QED) is 0.150. The molecule has 0 radical (unpaired) electrons. The lowest BCUT2D eigenvalue weighted by Gasteiger charge is -2.15. The molecule has 0 aliphatic carbocycles. The molecule has 6 nitrogen and oxygen atoms in total. The summed E-state index contributed by atoms with van der Waals surface area (Å²) in [6.45, 7) is 2.19. The van der Waals surface area contributed by atoms with Gasteiger partial charge in [-0.05, 0) is 40.0 Å².